The predicted octanol–water partition coefficient (Wildman–Crippen LogP) is -0.174. The number of methoxy groups -OCH3 is 1. The first kappa shape index (κ1) is 11.6. The number of hydrogen-bond donors (Lipinski definition) is 0. The second-order valence-corrected chi connectivity index (χ2v) is 3.22. The maximum atomic E-state index is 11.7. The molecule has 1 aliphatic heterocycles. The van der Waals surface area contributed by atoms with Gasteiger partial charge in [0.1, 0.15) is 0 Å². The normalized spacial score (nSPS) is 20.2. The molecule has 15 heavy (non-hydrogen) atoms. The summed E-state index contributed by atoms with van der Waals surface area (Å²) < 4.78 is 9.43. The first-order valence-electron chi connectivity index (χ1n) is 4.63. The van der Waals surface area contributed by atoms with E-state index in [0.717, 1.165) is 13.5 Å². The summed E-state index contributed by atoms with van der Waals surface area (Å²) in [7, 11) is 1.12. The van der Waals surface area contributed by atoms with Crippen LogP contribution in [0.1, 0.15) is 12.8 Å². The first-order chi connectivity index (χ1) is 7.20. The second-order valence-electron chi connectivity index (χ2n) is 3.22. The summed E-state index contributed by atoms with van der Waals surface area (Å²) in [6, 6.07) is 0. The van der Waals surface area contributed by atoms with E-state index in [0.29, 0.717) is 13.0 Å². The number of ketones is 1. The van der Waals surface area contributed by atoms with Crippen molar-refractivity contribution in [3.8, 4) is 0 Å². The molecule has 1 rings (SSSR count). The lowest BCUT2D eigenvalue weighted by Gasteiger charge is -2.18. The molecule has 6 heteroatoms. The van der Waals surface area contributed by atoms with Crippen LogP contribution in [-0.2, 0) is 19.1 Å². The molecular weight excluding hydrogens is 200 g/mol. The van der Waals surface area contributed by atoms with Crippen LogP contribution in [0.2, 0.25) is 0 Å². The van der Waals surface area contributed by atoms with Gasteiger partial charge in [-0.25, -0.2) is 4.79 Å². The Kier molecular flexibility index (Phi) is 4.15. The molecule has 1 unspecified atom stereocenters. The lowest BCUT2D eigenvalue weighted by molar-refractivity contribution is -0.141. The minimum absolute atomic E-state index is 0.259. The zero-order valence-corrected chi connectivity index (χ0v) is 8.43. The third-order valence-corrected chi connectivity index (χ3v) is 2.24. The van der Waals surface area contributed by atoms with E-state index >= 15 is 0 Å². The van der Waals surface area contributed by atoms with Gasteiger partial charge in [-0.2, -0.15) is 4.79 Å². The molecule has 0 N–H and O–H groups in total. The number of esters is 1. The number of rotatable bonds is 3. The number of carbonyl (C=O) groups excluding carboxylic acids is 2. The highest BCUT2D eigenvalue weighted by atomic mass is 16.5. The molecule has 0 radical (unpaired) electrons. The highest BCUT2D eigenvalue weighted by Gasteiger charge is 2.37. The molecule has 0 aliphatic carbocycles. The molecule has 1 saturated heterocycles. The largest absolute Gasteiger partial charge is 0.460 e. The molecule has 82 valence electrons. The van der Waals surface area contributed by atoms with Crippen molar-refractivity contribution in [2.24, 2.45) is 5.92 Å². The average molecular weight is 212 g/mol. The predicted molar refractivity (Wildman–Crippen MR) is 49.2 cm³/mol. The van der Waals surface area contributed by atoms with Gasteiger partial charge in [0.25, 0.3) is 5.78 Å². The van der Waals surface area contributed by atoms with E-state index < -0.39 is 23.4 Å². The number of Topliss-reactive ketones (excluding diaryl/α,β-unsaturated/α-hetero) is 1. The fourth-order valence-electron chi connectivity index (χ4n) is 1.43. The van der Waals surface area contributed by atoms with Gasteiger partial charge in [-0.3, -0.25) is 4.79 Å². The van der Waals surface area contributed by atoms with E-state index in [9.17, 15) is 9.59 Å². The number of hydrogen-bond acceptors (Lipinski definition) is 4. The molecule has 0 aromatic carbocycles. The molecule has 1 atom stereocenters. The van der Waals surface area contributed by atoms with E-state index in [-0.39, 0.29) is 6.61 Å². The first-order valence-corrected chi connectivity index (χ1v) is 4.63. The standard InChI is InChI=1S/C9H12N2O4/c1-14-9(13)7(11-10)8(12)6-3-2-4-15-5-6/h6H,2-5H2,1H3. The highest BCUT2D eigenvalue weighted by molar-refractivity contribution is 6.62. The van der Waals surface area contributed by atoms with Crippen molar-refractivity contribution < 1.29 is 23.9 Å². The Balaban J connectivity index is 2.73. The molecule has 0 aromatic heterocycles. The second kappa shape index (κ2) is 5.38. The number of nitrogens with zero attached hydrogens (tertiary/aromatic N) is 2. The van der Waals surface area contributed by atoms with Crippen molar-refractivity contribution in [2.45, 2.75) is 12.8 Å². The summed E-state index contributed by atoms with van der Waals surface area (Å²) in [6.45, 7) is 0.877. The molecule has 0 spiro atoms. The Hall–Kier alpha value is -1.52. The van der Waals surface area contributed by atoms with Crippen LogP contribution in [0.4, 0.5) is 0 Å². The van der Waals surface area contributed by atoms with Gasteiger partial charge < -0.3 is 15.0 Å². The summed E-state index contributed by atoms with van der Waals surface area (Å²) in [4.78, 5) is 25.4. The fourth-order valence-corrected chi connectivity index (χ4v) is 1.43. The van der Waals surface area contributed by atoms with Crippen molar-refractivity contribution in [3.05, 3.63) is 5.53 Å². The molecule has 1 fully saturated rings. The van der Waals surface area contributed by atoms with Crippen LogP contribution in [0.15, 0.2) is 0 Å². The summed E-state index contributed by atoms with van der Waals surface area (Å²) >= 11 is 0. The van der Waals surface area contributed by atoms with Gasteiger partial charge in [0.2, 0.25) is 0 Å². The maximum absolute atomic E-state index is 11.7. The van der Waals surface area contributed by atoms with Gasteiger partial charge in [0, 0.05) is 6.61 Å². The molecular formula is C9H12N2O4. The van der Waals surface area contributed by atoms with E-state index in [1.807, 2.05) is 0 Å². The number of carbonyl (C=O) groups is 2. The van der Waals surface area contributed by atoms with E-state index in [4.69, 9.17) is 10.3 Å². The van der Waals surface area contributed by atoms with Crippen LogP contribution in [-0.4, -0.2) is 42.6 Å². The lowest BCUT2D eigenvalue weighted by atomic mass is 9.94. The minimum Gasteiger partial charge on any atom is -0.460 e. The van der Waals surface area contributed by atoms with Crippen LogP contribution in [0.5, 0.6) is 0 Å². The zero-order chi connectivity index (χ0) is 11.3. The Bertz CT molecular complexity index is 314. The Morgan fingerprint density at radius 2 is 2.27 bits per heavy atom. The van der Waals surface area contributed by atoms with Gasteiger partial charge >= 0.3 is 11.7 Å². The van der Waals surface area contributed by atoms with E-state index in [1.54, 1.807) is 0 Å². The smallest absolute Gasteiger partial charge is 0.441 e. The molecule has 0 amide bonds. The summed E-state index contributed by atoms with van der Waals surface area (Å²) in [5.41, 5.74) is 7.99. The van der Waals surface area contributed by atoms with Crippen LogP contribution in [0, 0.1) is 5.92 Å². The van der Waals surface area contributed by atoms with Gasteiger partial charge in [-0.1, -0.05) is 0 Å². The van der Waals surface area contributed by atoms with Crippen LogP contribution < -0.4 is 0 Å². The maximum Gasteiger partial charge on any atom is 0.441 e. The van der Waals surface area contributed by atoms with Gasteiger partial charge in [0.15, 0.2) is 0 Å². The molecule has 1 aliphatic rings. The summed E-state index contributed by atoms with van der Waals surface area (Å²) in [5.74, 6) is -1.86. The molecule has 0 aromatic rings. The van der Waals surface area contributed by atoms with Crippen molar-refractivity contribution in [2.75, 3.05) is 20.3 Å². The Morgan fingerprint density at radius 3 is 2.73 bits per heavy atom. The third-order valence-electron chi connectivity index (χ3n) is 2.24. The quantitative estimate of drug-likeness (QED) is 0.213. The van der Waals surface area contributed by atoms with Crippen LogP contribution in [0.3, 0.4) is 0 Å². The summed E-state index contributed by atoms with van der Waals surface area (Å²) in [6.07, 6.45) is 1.39. The third kappa shape index (κ3) is 2.71. The summed E-state index contributed by atoms with van der Waals surface area (Å²) in [5, 5.41) is 0. The van der Waals surface area contributed by atoms with Crippen molar-refractivity contribution in [1.29, 1.82) is 0 Å². The van der Waals surface area contributed by atoms with Crippen molar-refractivity contribution in [1.82, 2.24) is 0 Å². The molecule has 0 saturated carbocycles. The molecule has 1 heterocycles. The van der Waals surface area contributed by atoms with Gasteiger partial charge in [0.05, 0.1) is 19.6 Å². The lowest BCUT2D eigenvalue weighted by Crippen LogP contribution is -2.36. The minimum atomic E-state index is -0.923. The van der Waals surface area contributed by atoms with Crippen molar-refractivity contribution in [3.63, 3.8) is 0 Å². The molecule has 0 bridgehead atoms. The van der Waals surface area contributed by atoms with Crippen LogP contribution >= 0.6 is 0 Å². The highest BCUT2D eigenvalue weighted by Crippen LogP contribution is 2.14. The zero-order valence-electron chi connectivity index (χ0n) is 8.43. The monoisotopic (exact) mass is 212 g/mol. The fraction of sp³-hybridized carbons (Fsp3) is 0.667. The topological polar surface area (TPSA) is 89.0 Å². The number of ether oxygens (including phenoxy) is 2. The van der Waals surface area contributed by atoms with Crippen LogP contribution in [0.25, 0.3) is 5.53 Å². The molecule has 6 nitrogen and oxygen atoms in total. The average Bonchev–Trinajstić information content (AvgIpc) is 2.30. The van der Waals surface area contributed by atoms with Gasteiger partial charge in [-0.05, 0) is 12.8 Å². The van der Waals surface area contributed by atoms with E-state index in [1.165, 1.54) is 0 Å². The van der Waals surface area contributed by atoms with Crippen molar-refractivity contribution >= 4 is 17.5 Å². The van der Waals surface area contributed by atoms with Gasteiger partial charge in [-0.15, -0.1) is 0 Å². The Morgan fingerprint density at radius 1 is 1.53 bits per heavy atom. The SMILES string of the molecule is COC(=O)C(=[N+]=[N-])C(=O)C1CCCOC1. The Labute approximate surface area is 86.8 Å². The van der Waals surface area contributed by atoms with E-state index in [2.05, 4.69) is 9.53 Å².